The molecule has 0 radical (unpaired) electrons. The van der Waals surface area contributed by atoms with Gasteiger partial charge in [-0.3, -0.25) is 0 Å². The molecule has 2 saturated heterocycles. The molecule has 0 aliphatic carbocycles. The molecule has 2 N–H and O–H groups in total. The Morgan fingerprint density at radius 1 is 1.18 bits per heavy atom. The third-order valence-electron chi connectivity index (χ3n) is 8.40. The van der Waals surface area contributed by atoms with Gasteiger partial charge in [0.05, 0.1) is 43.3 Å². The van der Waals surface area contributed by atoms with Gasteiger partial charge >= 0.3 is 6.09 Å². The molecule has 0 bridgehead atoms. The van der Waals surface area contributed by atoms with Crippen molar-refractivity contribution in [3.8, 4) is 5.75 Å². The first-order valence-electron chi connectivity index (χ1n) is 15.3. The Hall–Kier alpha value is -3.10. The second-order valence-corrected chi connectivity index (χ2v) is 14.5. The van der Waals surface area contributed by atoms with Crippen LogP contribution >= 0.6 is 0 Å². The second kappa shape index (κ2) is 15.0. The zero-order valence-corrected chi connectivity index (χ0v) is 27.4. The molecule has 0 spiro atoms. The molecule has 2 fully saturated rings. The Morgan fingerprint density at radius 3 is 2.58 bits per heavy atom. The molecule has 0 saturated carbocycles. The van der Waals surface area contributed by atoms with E-state index in [4.69, 9.17) is 18.9 Å². The molecule has 2 aromatic carbocycles. The van der Waals surface area contributed by atoms with E-state index in [1.165, 1.54) is 20.1 Å². The van der Waals surface area contributed by atoms with Crippen molar-refractivity contribution in [3.63, 3.8) is 0 Å². The summed E-state index contributed by atoms with van der Waals surface area (Å²) in [4.78, 5) is 24.0. The molecule has 2 aromatic rings. The number of aliphatic hydroxyl groups is 1. The number of methoxy groups -OCH3 is 1. The smallest absolute Gasteiger partial charge is 0.408 e. The highest BCUT2D eigenvalue weighted by molar-refractivity contribution is 7.89. The molecule has 2 aliphatic rings. The first-order chi connectivity index (χ1) is 21.3. The molecule has 2 heterocycles. The van der Waals surface area contributed by atoms with Gasteiger partial charge in [0, 0.05) is 6.54 Å². The highest BCUT2D eigenvalue weighted by Crippen LogP contribution is 2.35. The summed E-state index contributed by atoms with van der Waals surface area (Å²) >= 11 is 0. The van der Waals surface area contributed by atoms with Gasteiger partial charge in [0.25, 0.3) is 0 Å². The maximum Gasteiger partial charge on any atom is 0.408 e. The quantitative estimate of drug-likeness (QED) is 0.209. The first-order valence-corrected chi connectivity index (χ1v) is 16.7. The average Bonchev–Trinajstić information content (AvgIpc) is 3.63. The van der Waals surface area contributed by atoms with Crippen molar-refractivity contribution in [3.05, 3.63) is 64.6 Å². The van der Waals surface area contributed by atoms with Crippen LogP contribution in [-0.2, 0) is 37.2 Å². The number of sulfonamides is 1. The third kappa shape index (κ3) is 8.79. The Labute approximate surface area is 265 Å². The molecule has 4 rings (SSSR count). The van der Waals surface area contributed by atoms with Crippen LogP contribution in [0.1, 0.15) is 58.1 Å². The maximum atomic E-state index is 14.4. The number of carbonyl (C=O) groups excluding carboxylic acids is 1. The molecule has 6 atom stereocenters. The molecule has 1 amide bonds. The zero-order valence-electron chi connectivity index (χ0n) is 26.5. The van der Waals surface area contributed by atoms with E-state index >= 15 is 0 Å². The predicted molar refractivity (Wildman–Crippen MR) is 167 cm³/mol. The number of ether oxygens (including phenoxy) is 4. The summed E-state index contributed by atoms with van der Waals surface area (Å²) in [6.45, 7) is 7.81. The lowest BCUT2D eigenvalue weighted by Gasteiger charge is -2.34. The molecular weight excluding hydrogens is 602 g/mol. The SMILES string of the molecule is COc1ccc(S(=O)(=O)N(Cc2ccccc2)[C@H](NC(=O)O[C@H]2CO[C@H]3OCC[C@H]32)[C@@H](C)O)cc1CC(C)(C)CCC(C)N=O. The third-order valence-corrected chi connectivity index (χ3v) is 10.2. The highest BCUT2D eigenvalue weighted by Gasteiger charge is 2.44. The van der Waals surface area contributed by atoms with Gasteiger partial charge in [0.2, 0.25) is 10.0 Å². The van der Waals surface area contributed by atoms with E-state index in [2.05, 4.69) is 10.5 Å². The molecular formula is C32H45N3O9S. The molecule has 248 valence electrons. The van der Waals surface area contributed by atoms with Gasteiger partial charge in [-0.05, 0) is 74.3 Å². The minimum Gasteiger partial charge on any atom is -0.496 e. The van der Waals surface area contributed by atoms with Crippen LogP contribution in [0.15, 0.2) is 58.6 Å². The van der Waals surface area contributed by atoms with E-state index in [1.54, 1.807) is 43.3 Å². The number of hydrogen-bond donors (Lipinski definition) is 2. The average molecular weight is 648 g/mol. The monoisotopic (exact) mass is 647 g/mol. The van der Waals surface area contributed by atoms with E-state index in [0.29, 0.717) is 49.2 Å². The Balaban J connectivity index is 1.64. The topological polar surface area (TPSA) is 153 Å². The van der Waals surface area contributed by atoms with Crippen LogP contribution in [-0.4, -0.2) is 75.0 Å². The Bertz CT molecular complexity index is 1400. The van der Waals surface area contributed by atoms with Gasteiger partial charge in [-0.15, -0.1) is 0 Å². The number of nitroso groups, excluding NO2 is 1. The summed E-state index contributed by atoms with van der Waals surface area (Å²) in [5.74, 6) is 0.421. The Morgan fingerprint density at radius 2 is 1.91 bits per heavy atom. The van der Waals surface area contributed by atoms with Crippen LogP contribution in [0.2, 0.25) is 0 Å². The number of hydrogen-bond acceptors (Lipinski definition) is 10. The number of aliphatic hydroxyl groups excluding tert-OH is 1. The number of fused-ring (bicyclic) bond motifs is 1. The normalized spacial score (nSPS) is 22.0. The van der Waals surface area contributed by atoms with Crippen LogP contribution in [0.25, 0.3) is 0 Å². The van der Waals surface area contributed by atoms with Crippen LogP contribution < -0.4 is 10.1 Å². The minimum absolute atomic E-state index is 0.0242. The number of alkyl carbamates (subject to hydrolysis) is 1. The van der Waals surface area contributed by atoms with E-state index in [-0.39, 0.29) is 35.4 Å². The van der Waals surface area contributed by atoms with Crippen LogP contribution in [0.4, 0.5) is 4.79 Å². The summed E-state index contributed by atoms with van der Waals surface area (Å²) < 4.78 is 52.2. The fourth-order valence-electron chi connectivity index (χ4n) is 5.81. The van der Waals surface area contributed by atoms with Gasteiger partial charge in [-0.1, -0.05) is 49.4 Å². The van der Waals surface area contributed by atoms with Crippen molar-refractivity contribution in [1.82, 2.24) is 9.62 Å². The van der Waals surface area contributed by atoms with Crippen LogP contribution in [0, 0.1) is 16.2 Å². The summed E-state index contributed by atoms with van der Waals surface area (Å²) in [7, 11) is -2.79. The lowest BCUT2D eigenvalue weighted by molar-refractivity contribution is -0.0907. The number of rotatable bonds is 15. The summed E-state index contributed by atoms with van der Waals surface area (Å²) in [6.07, 6.45) is -2.06. The lowest BCUT2D eigenvalue weighted by Crippen LogP contribution is -2.56. The minimum atomic E-state index is -4.32. The van der Waals surface area contributed by atoms with Crippen molar-refractivity contribution in [1.29, 1.82) is 0 Å². The van der Waals surface area contributed by atoms with E-state index < -0.39 is 40.8 Å². The van der Waals surface area contributed by atoms with E-state index in [0.717, 1.165) is 4.31 Å². The van der Waals surface area contributed by atoms with Crippen LogP contribution in [0.5, 0.6) is 5.75 Å². The van der Waals surface area contributed by atoms with E-state index in [9.17, 15) is 23.2 Å². The van der Waals surface area contributed by atoms with Gasteiger partial charge in [0.1, 0.15) is 18.0 Å². The number of nitrogens with zero attached hydrogens (tertiary/aromatic N) is 2. The fourth-order valence-corrected chi connectivity index (χ4v) is 7.46. The molecule has 2 aliphatic heterocycles. The molecule has 45 heavy (non-hydrogen) atoms. The van der Waals surface area contributed by atoms with Gasteiger partial charge < -0.3 is 29.4 Å². The van der Waals surface area contributed by atoms with Crippen molar-refractivity contribution in [2.45, 2.75) is 95.5 Å². The number of nitrogens with one attached hydrogen (secondary N) is 1. The summed E-state index contributed by atoms with van der Waals surface area (Å²) in [6, 6.07) is 13.2. The summed E-state index contributed by atoms with van der Waals surface area (Å²) in [5, 5.41) is 16.6. The zero-order chi connectivity index (χ0) is 32.8. The van der Waals surface area contributed by atoms with Crippen molar-refractivity contribution >= 4 is 16.1 Å². The van der Waals surface area contributed by atoms with E-state index in [1.807, 2.05) is 19.9 Å². The predicted octanol–water partition coefficient (Wildman–Crippen LogP) is 4.58. The number of amides is 1. The van der Waals surface area contributed by atoms with Gasteiger partial charge in [-0.25, -0.2) is 13.2 Å². The van der Waals surface area contributed by atoms with Crippen LogP contribution in [0.3, 0.4) is 0 Å². The molecule has 12 nitrogen and oxygen atoms in total. The van der Waals surface area contributed by atoms with Gasteiger partial charge in [-0.2, -0.15) is 9.21 Å². The largest absolute Gasteiger partial charge is 0.496 e. The number of carbonyl (C=O) groups is 1. The second-order valence-electron chi connectivity index (χ2n) is 12.6. The van der Waals surface area contributed by atoms with Crippen molar-refractivity contribution < 1.29 is 37.3 Å². The van der Waals surface area contributed by atoms with Crippen molar-refractivity contribution in [2.24, 2.45) is 16.5 Å². The maximum absolute atomic E-state index is 14.4. The standard InChI is InChI=1S/C32H45N3O9S/c1-21(34-38)13-15-32(3,4)18-24-17-25(11-12-27(24)41-5)45(39,40)35(19-23-9-7-6-8-10-23)29(22(2)36)33-31(37)44-28-20-43-30-26(28)14-16-42-30/h6-12,17,21-22,26,28-30,36H,13-16,18-20H2,1-5H3,(H,33,37)/t21?,22-,26+,28+,29+,30-/m1/s1. The molecule has 13 heteroatoms. The summed E-state index contributed by atoms with van der Waals surface area (Å²) in [5.41, 5.74) is 1.04. The highest BCUT2D eigenvalue weighted by atomic mass is 32.2. The fraction of sp³-hybridized carbons (Fsp3) is 0.594. The Kier molecular flexibility index (Phi) is 11.6. The van der Waals surface area contributed by atoms with Gasteiger partial charge in [0.15, 0.2) is 6.29 Å². The van der Waals surface area contributed by atoms with Crippen molar-refractivity contribution in [2.75, 3.05) is 20.3 Å². The number of benzene rings is 2. The molecule has 1 unspecified atom stereocenters. The molecule has 0 aromatic heterocycles. The first kappa shape index (κ1) is 34.8. The lowest BCUT2D eigenvalue weighted by atomic mass is 9.80.